The van der Waals surface area contributed by atoms with Crippen molar-refractivity contribution in [3.8, 4) is 0 Å². The molecule has 1 heterocycles. The number of amides is 1. The number of ether oxygens (including phenoxy) is 1. The van der Waals surface area contributed by atoms with Crippen LogP contribution in [-0.4, -0.2) is 30.2 Å². The second-order valence-corrected chi connectivity index (χ2v) is 6.56. The van der Waals surface area contributed by atoms with Gasteiger partial charge in [0.15, 0.2) is 0 Å². The number of hydrogen-bond donors (Lipinski definition) is 2. The lowest BCUT2D eigenvalue weighted by Crippen LogP contribution is -2.50. The van der Waals surface area contributed by atoms with E-state index in [1.54, 1.807) is 0 Å². The van der Waals surface area contributed by atoms with E-state index in [-0.39, 0.29) is 17.6 Å². The molecule has 0 aromatic rings. The fraction of sp³-hybridized carbons (Fsp3) is 0.933. The van der Waals surface area contributed by atoms with E-state index >= 15 is 0 Å². The summed E-state index contributed by atoms with van der Waals surface area (Å²) in [5.74, 6) is 0.804. The van der Waals surface area contributed by atoms with Gasteiger partial charge >= 0.3 is 0 Å². The fourth-order valence-electron chi connectivity index (χ4n) is 3.31. The van der Waals surface area contributed by atoms with Crippen molar-refractivity contribution in [1.82, 2.24) is 5.32 Å². The van der Waals surface area contributed by atoms with Crippen LogP contribution in [0.4, 0.5) is 0 Å². The predicted octanol–water partition coefficient (Wildman–Crippen LogP) is 1.97. The topological polar surface area (TPSA) is 64.3 Å². The molecule has 0 bridgehead atoms. The Morgan fingerprint density at radius 2 is 2.26 bits per heavy atom. The molecule has 2 rings (SSSR count). The maximum absolute atomic E-state index is 12.1. The zero-order valence-electron chi connectivity index (χ0n) is 12.3. The molecule has 0 aromatic heterocycles. The molecule has 4 unspecified atom stereocenters. The standard InChI is InChI=1S/C15H28N2O2/c1-11-15(2,8-9-19-11)17-14(18)7-6-12-4-3-5-13(16)10-12/h11-13H,3-10,16H2,1-2H3,(H,17,18). The van der Waals surface area contributed by atoms with Crippen LogP contribution in [-0.2, 0) is 9.53 Å². The summed E-state index contributed by atoms with van der Waals surface area (Å²) in [5, 5.41) is 3.16. The summed E-state index contributed by atoms with van der Waals surface area (Å²) in [7, 11) is 0. The highest BCUT2D eigenvalue weighted by Gasteiger charge is 2.38. The van der Waals surface area contributed by atoms with Crippen molar-refractivity contribution in [1.29, 1.82) is 0 Å². The molecule has 0 radical (unpaired) electrons. The Hall–Kier alpha value is -0.610. The van der Waals surface area contributed by atoms with Gasteiger partial charge in [-0.1, -0.05) is 12.8 Å². The fourth-order valence-corrected chi connectivity index (χ4v) is 3.31. The molecule has 1 aliphatic carbocycles. The summed E-state index contributed by atoms with van der Waals surface area (Å²) in [4.78, 5) is 12.1. The largest absolute Gasteiger partial charge is 0.376 e. The second-order valence-electron chi connectivity index (χ2n) is 6.56. The number of carbonyl (C=O) groups is 1. The molecular weight excluding hydrogens is 240 g/mol. The Labute approximate surface area is 116 Å². The van der Waals surface area contributed by atoms with Gasteiger partial charge in [-0.3, -0.25) is 4.79 Å². The van der Waals surface area contributed by atoms with Gasteiger partial charge in [0.1, 0.15) is 0 Å². The molecule has 110 valence electrons. The van der Waals surface area contributed by atoms with Crippen molar-refractivity contribution < 1.29 is 9.53 Å². The van der Waals surface area contributed by atoms with Gasteiger partial charge in [0.05, 0.1) is 11.6 Å². The summed E-state index contributed by atoms with van der Waals surface area (Å²) >= 11 is 0. The average Bonchev–Trinajstić information content (AvgIpc) is 2.67. The SMILES string of the molecule is CC1OCCC1(C)NC(=O)CCC1CCCC(N)C1. The van der Waals surface area contributed by atoms with E-state index in [1.807, 2.05) is 6.92 Å². The molecule has 2 aliphatic rings. The van der Waals surface area contributed by atoms with E-state index < -0.39 is 0 Å². The van der Waals surface area contributed by atoms with Crippen LogP contribution >= 0.6 is 0 Å². The van der Waals surface area contributed by atoms with E-state index in [4.69, 9.17) is 10.5 Å². The molecule has 4 heteroatoms. The van der Waals surface area contributed by atoms with Crippen LogP contribution < -0.4 is 11.1 Å². The molecule has 19 heavy (non-hydrogen) atoms. The van der Waals surface area contributed by atoms with E-state index in [9.17, 15) is 4.79 Å². The lowest BCUT2D eigenvalue weighted by atomic mass is 9.83. The Bertz CT molecular complexity index is 321. The van der Waals surface area contributed by atoms with Crippen LogP contribution in [0, 0.1) is 5.92 Å². The molecule has 1 aliphatic heterocycles. The van der Waals surface area contributed by atoms with Crippen molar-refractivity contribution in [3.05, 3.63) is 0 Å². The zero-order valence-corrected chi connectivity index (χ0v) is 12.3. The van der Waals surface area contributed by atoms with Gasteiger partial charge in [-0.15, -0.1) is 0 Å². The molecular formula is C15H28N2O2. The third kappa shape index (κ3) is 3.93. The van der Waals surface area contributed by atoms with E-state index in [2.05, 4.69) is 12.2 Å². The second kappa shape index (κ2) is 6.23. The number of rotatable bonds is 4. The lowest BCUT2D eigenvalue weighted by Gasteiger charge is -2.30. The minimum absolute atomic E-state index is 0.111. The monoisotopic (exact) mass is 268 g/mol. The minimum Gasteiger partial charge on any atom is -0.376 e. The summed E-state index contributed by atoms with van der Waals surface area (Å²) in [6, 6.07) is 0.350. The number of nitrogens with two attached hydrogens (primary N) is 1. The molecule has 4 nitrogen and oxygen atoms in total. The minimum atomic E-state index is -0.181. The van der Waals surface area contributed by atoms with Crippen LogP contribution in [0.25, 0.3) is 0 Å². The Balaban J connectivity index is 1.72. The Morgan fingerprint density at radius 3 is 2.89 bits per heavy atom. The van der Waals surface area contributed by atoms with Crippen molar-refractivity contribution >= 4 is 5.91 Å². The molecule has 0 aromatic carbocycles. The van der Waals surface area contributed by atoms with E-state index in [0.29, 0.717) is 18.4 Å². The first-order chi connectivity index (χ1) is 8.99. The quantitative estimate of drug-likeness (QED) is 0.819. The Morgan fingerprint density at radius 1 is 1.47 bits per heavy atom. The van der Waals surface area contributed by atoms with Gasteiger partial charge in [-0.2, -0.15) is 0 Å². The van der Waals surface area contributed by atoms with Crippen LogP contribution in [0.3, 0.4) is 0 Å². The van der Waals surface area contributed by atoms with Crippen molar-refractivity contribution in [2.45, 2.75) is 76.5 Å². The molecule has 1 saturated carbocycles. The molecule has 3 N–H and O–H groups in total. The smallest absolute Gasteiger partial charge is 0.220 e. The van der Waals surface area contributed by atoms with Crippen LogP contribution in [0.5, 0.6) is 0 Å². The number of carbonyl (C=O) groups excluding carboxylic acids is 1. The number of hydrogen-bond acceptors (Lipinski definition) is 3. The van der Waals surface area contributed by atoms with Gasteiger partial charge < -0.3 is 15.8 Å². The van der Waals surface area contributed by atoms with Gasteiger partial charge in [0, 0.05) is 19.1 Å². The maximum atomic E-state index is 12.1. The summed E-state index contributed by atoms with van der Waals surface area (Å²) in [6.45, 7) is 4.86. The zero-order chi connectivity index (χ0) is 13.9. The molecule has 2 fully saturated rings. The third-order valence-corrected chi connectivity index (χ3v) is 4.91. The van der Waals surface area contributed by atoms with E-state index in [0.717, 1.165) is 32.3 Å². The van der Waals surface area contributed by atoms with E-state index in [1.165, 1.54) is 12.8 Å². The van der Waals surface area contributed by atoms with Crippen molar-refractivity contribution in [2.24, 2.45) is 11.7 Å². The first kappa shape index (κ1) is 14.8. The normalized spacial score (nSPS) is 39.2. The summed E-state index contributed by atoms with van der Waals surface area (Å²) in [5.41, 5.74) is 5.81. The lowest BCUT2D eigenvalue weighted by molar-refractivity contribution is -0.123. The molecule has 1 amide bonds. The molecule has 1 saturated heterocycles. The van der Waals surface area contributed by atoms with Crippen molar-refractivity contribution in [3.63, 3.8) is 0 Å². The average molecular weight is 268 g/mol. The highest BCUT2D eigenvalue weighted by molar-refractivity contribution is 5.76. The Kier molecular flexibility index (Phi) is 4.85. The molecule has 0 spiro atoms. The molecule has 4 atom stereocenters. The highest BCUT2D eigenvalue weighted by Crippen LogP contribution is 2.28. The first-order valence-corrected chi connectivity index (χ1v) is 7.68. The number of nitrogens with one attached hydrogen (secondary N) is 1. The highest BCUT2D eigenvalue weighted by atomic mass is 16.5. The maximum Gasteiger partial charge on any atom is 0.220 e. The van der Waals surface area contributed by atoms with Gasteiger partial charge in [0.25, 0.3) is 0 Å². The summed E-state index contributed by atoms with van der Waals surface area (Å²) < 4.78 is 5.55. The van der Waals surface area contributed by atoms with Crippen molar-refractivity contribution in [2.75, 3.05) is 6.61 Å². The summed E-state index contributed by atoms with van der Waals surface area (Å²) in [6.07, 6.45) is 7.31. The van der Waals surface area contributed by atoms with Gasteiger partial charge in [0.2, 0.25) is 5.91 Å². The van der Waals surface area contributed by atoms with Crippen LogP contribution in [0.2, 0.25) is 0 Å². The first-order valence-electron chi connectivity index (χ1n) is 7.68. The predicted molar refractivity (Wildman–Crippen MR) is 75.7 cm³/mol. The third-order valence-electron chi connectivity index (χ3n) is 4.91. The van der Waals surface area contributed by atoms with Gasteiger partial charge in [-0.05, 0) is 45.4 Å². The van der Waals surface area contributed by atoms with Crippen LogP contribution in [0.15, 0.2) is 0 Å². The van der Waals surface area contributed by atoms with Gasteiger partial charge in [-0.25, -0.2) is 0 Å². The van der Waals surface area contributed by atoms with Crippen LogP contribution in [0.1, 0.15) is 58.8 Å².